The summed E-state index contributed by atoms with van der Waals surface area (Å²) in [6.07, 6.45) is 2.31. The fraction of sp³-hybridized carbons (Fsp3) is 0.409. The lowest BCUT2D eigenvalue weighted by atomic mass is 10.1. The zero-order chi connectivity index (χ0) is 23.3. The number of benzene rings is 2. The van der Waals surface area contributed by atoms with Crippen LogP contribution in [0.1, 0.15) is 43.5 Å². The van der Waals surface area contributed by atoms with Crippen LogP contribution in [0, 0.1) is 0 Å². The number of ether oxygens (including phenoxy) is 2. The van der Waals surface area contributed by atoms with Crippen LogP contribution < -0.4 is 14.8 Å². The Balaban J connectivity index is 1.95. The molecule has 2 aromatic rings. The van der Waals surface area contributed by atoms with Gasteiger partial charge in [-0.15, -0.1) is 0 Å². The van der Waals surface area contributed by atoms with E-state index in [2.05, 4.69) is 10.1 Å². The molecule has 32 heavy (non-hydrogen) atoms. The number of carbonyl (C=O) groups is 1. The Labute approximate surface area is 186 Å². The second-order valence-electron chi connectivity index (χ2n) is 7.62. The van der Waals surface area contributed by atoms with Crippen molar-refractivity contribution in [3.8, 4) is 11.5 Å². The summed E-state index contributed by atoms with van der Waals surface area (Å²) >= 11 is 0. The number of anilines is 1. The Bertz CT molecular complexity index is 1050. The van der Waals surface area contributed by atoms with Crippen molar-refractivity contribution in [2.75, 3.05) is 18.4 Å². The molecule has 1 fully saturated rings. The van der Waals surface area contributed by atoms with Crippen molar-refractivity contribution in [3.05, 3.63) is 48.0 Å². The molecule has 0 saturated carbocycles. The molecule has 1 heterocycles. The molecule has 0 unspecified atom stereocenters. The first-order valence-corrected chi connectivity index (χ1v) is 11.8. The quantitative estimate of drug-likeness (QED) is 0.617. The van der Waals surface area contributed by atoms with Crippen molar-refractivity contribution in [3.63, 3.8) is 0 Å². The van der Waals surface area contributed by atoms with Crippen LogP contribution in [0.15, 0.2) is 47.4 Å². The van der Waals surface area contributed by atoms with Crippen LogP contribution in [0.2, 0.25) is 0 Å². The summed E-state index contributed by atoms with van der Waals surface area (Å²) < 4.78 is 63.1. The minimum atomic E-state index is -3.75. The van der Waals surface area contributed by atoms with E-state index in [1.165, 1.54) is 46.8 Å². The molecule has 1 saturated heterocycles. The van der Waals surface area contributed by atoms with E-state index >= 15 is 0 Å². The Morgan fingerprint density at radius 3 is 2.34 bits per heavy atom. The molecule has 0 atom stereocenters. The van der Waals surface area contributed by atoms with Crippen LogP contribution in [0.4, 0.5) is 14.5 Å². The zero-order valence-electron chi connectivity index (χ0n) is 17.9. The van der Waals surface area contributed by atoms with Gasteiger partial charge in [0.05, 0.1) is 22.3 Å². The number of nitrogens with one attached hydrogen (secondary N) is 1. The molecular formula is C22H26F2N2O5S. The van der Waals surface area contributed by atoms with E-state index in [0.717, 1.165) is 19.3 Å². The van der Waals surface area contributed by atoms with Gasteiger partial charge in [0.25, 0.3) is 5.91 Å². The highest BCUT2D eigenvalue weighted by atomic mass is 32.2. The lowest BCUT2D eigenvalue weighted by molar-refractivity contribution is -0.0501. The number of nitrogens with zero attached hydrogens (tertiary/aromatic N) is 1. The maximum atomic E-state index is 13.1. The highest BCUT2D eigenvalue weighted by Crippen LogP contribution is 2.32. The number of carbonyl (C=O) groups excluding carboxylic acids is 1. The van der Waals surface area contributed by atoms with E-state index in [4.69, 9.17) is 4.74 Å². The highest BCUT2D eigenvalue weighted by Gasteiger charge is 2.27. The molecule has 3 rings (SSSR count). The summed E-state index contributed by atoms with van der Waals surface area (Å²) in [5.74, 6) is -0.760. The van der Waals surface area contributed by atoms with Gasteiger partial charge in [-0.1, -0.05) is 18.6 Å². The molecule has 10 heteroatoms. The van der Waals surface area contributed by atoms with Crippen molar-refractivity contribution in [2.24, 2.45) is 0 Å². The van der Waals surface area contributed by atoms with Gasteiger partial charge in [-0.2, -0.15) is 13.1 Å². The third kappa shape index (κ3) is 5.74. The Kier molecular flexibility index (Phi) is 7.68. The molecule has 174 valence electrons. The highest BCUT2D eigenvalue weighted by molar-refractivity contribution is 7.89. The van der Waals surface area contributed by atoms with Gasteiger partial charge < -0.3 is 14.8 Å². The van der Waals surface area contributed by atoms with Crippen LogP contribution in [0.3, 0.4) is 0 Å². The number of amides is 1. The van der Waals surface area contributed by atoms with Crippen LogP contribution in [-0.4, -0.2) is 44.4 Å². The van der Waals surface area contributed by atoms with Crippen LogP contribution in [-0.2, 0) is 10.0 Å². The molecule has 1 N–H and O–H groups in total. The van der Waals surface area contributed by atoms with Gasteiger partial charge in [0.15, 0.2) is 0 Å². The molecular weight excluding hydrogens is 442 g/mol. The van der Waals surface area contributed by atoms with E-state index in [9.17, 15) is 22.0 Å². The van der Waals surface area contributed by atoms with Gasteiger partial charge in [-0.25, -0.2) is 8.42 Å². The van der Waals surface area contributed by atoms with Crippen molar-refractivity contribution >= 4 is 21.6 Å². The average molecular weight is 469 g/mol. The summed E-state index contributed by atoms with van der Waals surface area (Å²) in [5.41, 5.74) is 0.00113. The van der Waals surface area contributed by atoms with Gasteiger partial charge in [-0.05, 0) is 57.0 Å². The lowest BCUT2D eigenvalue weighted by Crippen LogP contribution is -2.35. The van der Waals surface area contributed by atoms with Crippen molar-refractivity contribution in [2.45, 2.75) is 50.7 Å². The fourth-order valence-electron chi connectivity index (χ4n) is 3.42. The minimum absolute atomic E-state index is 0.0166. The monoisotopic (exact) mass is 468 g/mol. The van der Waals surface area contributed by atoms with Crippen molar-refractivity contribution < 1.29 is 31.5 Å². The molecule has 2 aromatic carbocycles. The summed E-state index contributed by atoms with van der Waals surface area (Å²) in [7, 11) is -3.75. The van der Waals surface area contributed by atoms with E-state index < -0.39 is 22.5 Å². The van der Waals surface area contributed by atoms with Gasteiger partial charge in [-0.3, -0.25) is 4.79 Å². The van der Waals surface area contributed by atoms with Crippen LogP contribution >= 0.6 is 0 Å². The lowest BCUT2D eigenvalue weighted by Gasteiger charge is -2.26. The maximum Gasteiger partial charge on any atom is 0.387 e. The zero-order valence-corrected chi connectivity index (χ0v) is 18.7. The number of alkyl halides is 2. The summed E-state index contributed by atoms with van der Waals surface area (Å²) in [5, 5.41) is 2.59. The van der Waals surface area contributed by atoms with Gasteiger partial charge in [0, 0.05) is 13.1 Å². The van der Waals surface area contributed by atoms with Gasteiger partial charge in [0.1, 0.15) is 11.5 Å². The molecule has 0 spiro atoms. The summed E-state index contributed by atoms with van der Waals surface area (Å²) in [6.45, 7) is 1.35. The number of sulfonamides is 1. The number of para-hydroxylation sites is 1. The van der Waals surface area contributed by atoms with Gasteiger partial charge in [0.2, 0.25) is 10.0 Å². The van der Waals surface area contributed by atoms with Crippen molar-refractivity contribution in [1.82, 2.24) is 4.31 Å². The predicted octanol–water partition coefficient (Wildman–Crippen LogP) is 4.50. The first-order valence-electron chi connectivity index (χ1n) is 10.3. The smallest absolute Gasteiger partial charge is 0.387 e. The largest absolute Gasteiger partial charge is 0.489 e. The van der Waals surface area contributed by atoms with Crippen LogP contribution in [0.25, 0.3) is 0 Å². The molecule has 0 radical (unpaired) electrons. The molecule has 1 aliphatic heterocycles. The van der Waals surface area contributed by atoms with E-state index in [1.54, 1.807) is 13.8 Å². The number of rotatable bonds is 8. The molecule has 0 bridgehead atoms. The van der Waals surface area contributed by atoms with Crippen LogP contribution in [0.5, 0.6) is 11.5 Å². The molecule has 0 aliphatic carbocycles. The van der Waals surface area contributed by atoms with Crippen molar-refractivity contribution in [1.29, 1.82) is 0 Å². The number of hydrogen-bond acceptors (Lipinski definition) is 5. The second kappa shape index (κ2) is 10.3. The minimum Gasteiger partial charge on any atom is -0.489 e. The SMILES string of the molecule is CC(C)Oc1ccc(S(=O)(=O)N2CCCCC2)cc1NC(=O)c1ccccc1OC(F)F. The average Bonchev–Trinajstić information content (AvgIpc) is 2.75. The summed E-state index contributed by atoms with van der Waals surface area (Å²) in [6, 6.07) is 9.81. The molecule has 0 aromatic heterocycles. The third-order valence-electron chi connectivity index (χ3n) is 4.86. The van der Waals surface area contributed by atoms with E-state index in [1.807, 2.05) is 0 Å². The normalized spacial score (nSPS) is 15.1. The standard InChI is InChI=1S/C22H26F2N2O5S/c1-15(2)30-20-11-10-16(32(28,29)26-12-6-3-7-13-26)14-18(20)25-21(27)17-8-4-5-9-19(17)31-22(23)24/h4-5,8-11,14-15,22H,3,6-7,12-13H2,1-2H3,(H,25,27). The Hall–Kier alpha value is -2.72. The first-order chi connectivity index (χ1) is 15.2. The predicted molar refractivity (Wildman–Crippen MR) is 116 cm³/mol. The van der Waals surface area contributed by atoms with E-state index in [0.29, 0.717) is 13.1 Å². The number of piperidine rings is 1. The van der Waals surface area contributed by atoms with Gasteiger partial charge >= 0.3 is 6.61 Å². The number of hydrogen-bond donors (Lipinski definition) is 1. The number of halogens is 2. The fourth-order valence-corrected chi connectivity index (χ4v) is 4.96. The van der Waals surface area contributed by atoms with E-state index in [-0.39, 0.29) is 33.7 Å². The maximum absolute atomic E-state index is 13.1. The topological polar surface area (TPSA) is 84.9 Å². The Morgan fingerprint density at radius 2 is 1.69 bits per heavy atom. The first kappa shape index (κ1) is 23.9. The second-order valence-corrected chi connectivity index (χ2v) is 9.56. The molecule has 1 amide bonds. The Morgan fingerprint density at radius 1 is 1.00 bits per heavy atom. The third-order valence-corrected chi connectivity index (χ3v) is 6.76. The summed E-state index contributed by atoms with van der Waals surface area (Å²) in [4.78, 5) is 12.9. The molecule has 7 nitrogen and oxygen atoms in total. The molecule has 1 aliphatic rings.